The van der Waals surface area contributed by atoms with Gasteiger partial charge in [0.25, 0.3) is 0 Å². The van der Waals surface area contributed by atoms with E-state index < -0.39 is 0 Å². The predicted octanol–water partition coefficient (Wildman–Crippen LogP) is 3.52. The summed E-state index contributed by atoms with van der Waals surface area (Å²) in [6.45, 7) is 5.74. The molecule has 0 unspecified atom stereocenters. The van der Waals surface area contributed by atoms with Gasteiger partial charge in [-0.05, 0) is 48.7 Å². The number of phenols is 1. The largest absolute Gasteiger partial charge is 0.507 e. The first-order valence-electron chi connectivity index (χ1n) is 11.3. The van der Waals surface area contributed by atoms with Crippen LogP contribution in [-0.4, -0.2) is 71.3 Å². The van der Waals surface area contributed by atoms with Crippen molar-refractivity contribution in [1.82, 2.24) is 19.9 Å². The van der Waals surface area contributed by atoms with Gasteiger partial charge in [0.15, 0.2) is 0 Å². The average molecular weight is 445 g/mol. The van der Waals surface area contributed by atoms with Crippen molar-refractivity contribution in [3.05, 3.63) is 54.9 Å². The third kappa shape index (κ3) is 4.61. The van der Waals surface area contributed by atoms with E-state index in [2.05, 4.69) is 42.2 Å². The van der Waals surface area contributed by atoms with Crippen molar-refractivity contribution in [2.75, 3.05) is 56.6 Å². The fraction of sp³-hybridized carbons (Fsp3) is 0.320. The second-order valence-corrected chi connectivity index (χ2v) is 8.23. The van der Waals surface area contributed by atoms with E-state index >= 15 is 0 Å². The van der Waals surface area contributed by atoms with Gasteiger partial charge in [0, 0.05) is 50.5 Å². The van der Waals surface area contributed by atoms with Gasteiger partial charge in [-0.15, -0.1) is 0 Å². The minimum absolute atomic E-state index is 0.205. The van der Waals surface area contributed by atoms with Crippen LogP contribution in [0.2, 0.25) is 0 Å². The summed E-state index contributed by atoms with van der Waals surface area (Å²) in [4.78, 5) is 18.3. The molecule has 0 spiro atoms. The smallest absolute Gasteiger partial charge is 0.223 e. The van der Waals surface area contributed by atoms with Crippen molar-refractivity contribution in [1.29, 1.82) is 0 Å². The monoisotopic (exact) mass is 444 g/mol. The van der Waals surface area contributed by atoms with E-state index in [0.29, 0.717) is 11.3 Å². The molecule has 8 nitrogen and oxygen atoms in total. The molecule has 0 atom stereocenters. The normalized spacial score (nSPS) is 14.6. The van der Waals surface area contributed by atoms with Crippen LogP contribution in [0.25, 0.3) is 21.7 Å². The van der Waals surface area contributed by atoms with E-state index in [0.717, 1.165) is 68.2 Å². The highest BCUT2D eigenvalue weighted by Crippen LogP contribution is 2.29. The van der Waals surface area contributed by atoms with Gasteiger partial charge in [-0.1, -0.05) is 12.1 Å². The van der Waals surface area contributed by atoms with Crippen molar-refractivity contribution in [2.45, 2.75) is 6.42 Å². The Labute approximate surface area is 192 Å². The molecule has 4 aromatic rings. The Balaban J connectivity index is 1.12. The topological polar surface area (TPSA) is 86.6 Å². The van der Waals surface area contributed by atoms with Gasteiger partial charge in [0.2, 0.25) is 5.95 Å². The van der Waals surface area contributed by atoms with Crippen LogP contribution in [0.1, 0.15) is 6.42 Å². The second-order valence-electron chi connectivity index (χ2n) is 8.23. The highest BCUT2D eigenvalue weighted by atomic mass is 16.5. The third-order valence-electron chi connectivity index (χ3n) is 6.16. The van der Waals surface area contributed by atoms with Gasteiger partial charge in [-0.3, -0.25) is 4.90 Å². The summed E-state index contributed by atoms with van der Waals surface area (Å²) in [5.74, 6) is 2.69. The number of ether oxygens (including phenoxy) is 1. The van der Waals surface area contributed by atoms with Gasteiger partial charge in [-0.25, -0.2) is 15.0 Å². The molecule has 0 aliphatic carbocycles. The number of pyridine rings is 1. The van der Waals surface area contributed by atoms with Crippen LogP contribution in [0.3, 0.4) is 0 Å². The number of piperazine rings is 1. The molecule has 0 saturated carbocycles. The number of aromatic nitrogens is 3. The maximum Gasteiger partial charge on any atom is 0.223 e. The molecular formula is C25H28N6O2. The van der Waals surface area contributed by atoms with Gasteiger partial charge >= 0.3 is 0 Å². The number of methoxy groups -OCH3 is 1. The quantitative estimate of drug-likeness (QED) is 0.419. The first-order valence-corrected chi connectivity index (χ1v) is 11.3. The average Bonchev–Trinajstić information content (AvgIpc) is 2.86. The molecule has 1 aliphatic heterocycles. The molecule has 1 fully saturated rings. The van der Waals surface area contributed by atoms with Crippen molar-refractivity contribution < 1.29 is 9.84 Å². The highest BCUT2D eigenvalue weighted by molar-refractivity contribution is 5.93. The summed E-state index contributed by atoms with van der Waals surface area (Å²) in [6, 6.07) is 13.5. The first kappa shape index (κ1) is 21.2. The number of nitrogens with zero attached hydrogens (tertiary/aromatic N) is 5. The van der Waals surface area contributed by atoms with E-state index in [1.165, 1.54) is 5.39 Å². The minimum atomic E-state index is 0.205. The van der Waals surface area contributed by atoms with Gasteiger partial charge < -0.3 is 20.1 Å². The molecule has 1 aliphatic rings. The summed E-state index contributed by atoms with van der Waals surface area (Å²) >= 11 is 0. The lowest BCUT2D eigenvalue weighted by molar-refractivity contribution is 0.257. The van der Waals surface area contributed by atoms with Gasteiger partial charge in [0.1, 0.15) is 17.3 Å². The number of nitrogens with one attached hydrogen (secondary N) is 1. The number of benzene rings is 2. The molecule has 2 N–H and O–H groups in total. The lowest BCUT2D eigenvalue weighted by Crippen LogP contribution is -2.47. The van der Waals surface area contributed by atoms with E-state index in [1.54, 1.807) is 25.4 Å². The molecule has 2 aromatic carbocycles. The van der Waals surface area contributed by atoms with Crippen LogP contribution in [-0.2, 0) is 0 Å². The van der Waals surface area contributed by atoms with Crippen LogP contribution in [0, 0.1) is 0 Å². The molecule has 0 radical (unpaired) electrons. The number of hydrogen-bond donors (Lipinski definition) is 2. The zero-order valence-electron chi connectivity index (χ0n) is 18.7. The van der Waals surface area contributed by atoms with Crippen LogP contribution in [0.5, 0.6) is 11.5 Å². The number of fused-ring (bicyclic) bond motifs is 2. The van der Waals surface area contributed by atoms with Gasteiger partial charge in [-0.2, -0.15) is 0 Å². The Morgan fingerprint density at radius 3 is 2.76 bits per heavy atom. The Morgan fingerprint density at radius 2 is 1.91 bits per heavy atom. The molecule has 0 bridgehead atoms. The maximum atomic E-state index is 9.87. The predicted molar refractivity (Wildman–Crippen MR) is 131 cm³/mol. The molecular weight excluding hydrogens is 416 g/mol. The molecule has 0 amide bonds. The Bertz CT molecular complexity index is 1260. The van der Waals surface area contributed by atoms with Crippen LogP contribution < -0.4 is 15.0 Å². The summed E-state index contributed by atoms with van der Waals surface area (Å²) in [7, 11) is 1.70. The second kappa shape index (κ2) is 9.46. The van der Waals surface area contributed by atoms with Gasteiger partial charge in [0.05, 0.1) is 18.0 Å². The standard InChI is InChI=1S/C25H28N6O2/c1-33-19-7-6-18-8-10-26-24(20(18)16-19)31-14-12-30(13-15-31)11-3-9-27-25-28-17-21-22(29-25)4-2-5-23(21)32/h2,4-8,10,16-17,32H,3,9,11-15H2,1H3,(H,27,28,29). The summed E-state index contributed by atoms with van der Waals surface area (Å²) < 4.78 is 5.41. The Morgan fingerprint density at radius 1 is 1.03 bits per heavy atom. The summed E-state index contributed by atoms with van der Waals surface area (Å²) in [6.07, 6.45) is 4.56. The molecule has 5 rings (SSSR count). The van der Waals surface area contributed by atoms with Crippen molar-refractivity contribution in [2.24, 2.45) is 0 Å². The lowest BCUT2D eigenvalue weighted by Gasteiger charge is -2.35. The number of aromatic hydroxyl groups is 1. The molecule has 33 heavy (non-hydrogen) atoms. The first-order chi connectivity index (χ1) is 16.2. The zero-order valence-corrected chi connectivity index (χ0v) is 18.7. The Hall–Kier alpha value is -3.65. The molecule has 170 valence electrons. The van der Waals surface area contributed by atoms with Crippen molar-refractivity contribution >= 4 is 33.4 Å². The van der Waals surface area contributed by atoms with Crippen molar-refractivity contribution in [3.63, 3.8) is 0 Å². The lowest BCUT2D eigenvalue weighted by atomic mass is 10.1. The highest BCUT2D eigenvalue weighted by Gasteiger charge is 2.19. The Kier molecular flexibility index (Phi) is 6.08. The molecule has 3 heterocycles. The van der Waals surface area contributed by atoms with E-state index in [9.17, 15) is 5.11 Å². The SMILES string of the molecule is COc1ccc2ccnc(N3CCN(CCCNc4ncc5c(O)cccc5n4)CC3)c2c1. The van der Waals surface area contributed by atoms with Crippen LogP contribution >= 0.6 is 0 Å². The fourth-order valence-electron chi connectivity index (χ4n) is 4.32. The van der Waals surface area contributed by atoms with E-state index in [-0.39, 0.29) is 5.75 Å². The van der Waals surface area contributed by atoms with Crippen LogP contribution in [0.4, 0.5) is 11.8 Å². The number of anilines is 2. The zero-order chi connectivity index (χ0) is 22.6. The number of phenolic OH excluding ortho intramolecular Hbond substituents is 1. The van der Waals surface area contributed by atoms with Crippen molar-refractivity contribution in [3.8, 4) is 11.5 Å². The fourth-order valence-corrected chi connectivity index (χ4v) is 4.32. The summed E-state index contributed by atoms with van der Waals surface area (Å²) in [5.41, 5.74) is 0.739. The van der Waals surface area contributed by atoms with E-state index in [4.69, 9.17) is 4.74 Å². The minimum Gasteiger partial charge on any atom is -0.507 e. The number of rotatable bonds is 7. The molecule has 2 aromatic heterocycles. The number of hydrogen-bond acceptors (Lipinski definition) is 8. The third-order valence-corrected chi connectivity index (χ3v) is 6.16. The maximum absolute atomic E-state index is 9.87. The molecule has 8 heteroatoms. The summed E-state index contributed by atoms with van der Waals surface area (Å²) in [5, 5.41) is 16.2. The van der Waals surface area contributed by atoms with E-state index in [1.807, 2.05) is 24.4 Å². The molecule has 1 saturated heterocycles. The van der Waals surface area contributed by atoms with Crippen LogP contribution in [0.15, 0.2) is 54.9 Å².